The Labute approximate surface area is 165 Å². The Morgan fingerprint density at radius 2 is 1.71 bits per heavy atom. The van der Waals surface area contributed by atoms with Gasteiger partial charge in [0.15, 0.2) is 5.78 Å². The van der Waals surface area contributed by atoms with Crippen LogP contribution in [0.1, 0.15) is 24.5 Å². The van der Waals surface area contributed by atoms with Gasteiger partial charge in [0.05, 0.1) is 11.0 Å². The van der Waals surface area contributed by atoms with Crippen LogP contribution in [-0.2, 0) is 21.5 Å². The number of benzene rings is 2. The minimum Gasteiger partial charge on any atom is -0.337 e. The van der Waals surface area contributed by atoms with E-state index >= 15 is 0 Å². The molecule has 0 unspecified atom stereocenters. The van der Waals surface area contributed by atoms with Crippen molar-refractivity contribution < 1.29 is 9.59 Å². The predicted octanol–water partition coefficient (Wildman–Crippen LogP) is 3.64. The summed E-state index contributed by atoms with van der Waals surface area (Å²) in [6, 6.07) is 21.6. The molecule has 2 aromatic rings. The van der Waals surface area contributed by atoms with Gasteiger partial charge in [0.25, 0.3) is 0 Å². The fourth-order valence-electron chi connectivity index (χ4n) is 4.76. The lowest BCUT2D eigenvalue weighted by Crippen LogP contribution is -2.59. The van der Waals surface area contributed by atoms with Crippen molar-refractivity contribution in [3.63, 3.8) is 0 Å². The lowest BCUT2D eigenvalue weighted by molar-refractivity contribution is -0.145. The third kappa shape index (κ3) is 2.75. The Morgan fingerprint density at radius 1 is 1.07 bits per heavy atom. The molecule has 2 aromatic carbocycles. The Kier molecular flexibility index (Phi) is 4.60. The Hall–Kier alpha value is -3.19. The van der Waals surface area contributed by atoms with Gasteiger partial charge in [-0.1, -0.05) is 67.6 Å². The van der Waals surface area contributed by atoms with E-state index in [2.05, 4.69) is 0 Å². The molecule has 4 nitrogen and oxygen atoms in total. The van der Waals surface area contributed by atoms with Gasteiger partial charge in [-0.15, -0.1) is 0 Å². The number of ketones is 1. The summed E-state index contributed by atoms with van der Waals surface area (Å²) in [4.78, 5) is 28.4. The average Bonchev–Trinajstić information content (AvgIpc) is 2.74. The maximum atomic E-state index is 13.9. The number of nitriles is 1. The number of carbonyl (C=O) groups excluding carboxylic acids is 2. The number of piperidine rings is 1. The second kappa shape index (κ2) is 7.09. The molecule has 1 heterocycles. The van der Waals surface area contributed by atoms with Crippen LogP contribution < -0.4 is 0 Å². The smallest absolute Gasteiger partial charge is 0.237 e. The first-order valence-corrected chi connectivity index (χ1v) is 9.64. The number of rotatable bonds is 3. The van der Waals surface area contributed by atoms with Crippen molar-refractivity contribution in [2.75, 3.05) is 6.54 Å². The number of fused-ring (bicyclic) bond motifs is 1. The Morgan fingerprint density at radius 3 is 2.36 bits per heavy atom. The minimum absolute atomic E-state index is 0.0223. The largest absolute Gasteiger partial charge is 0.337 e. The first kappa shape index (κ1) is 18.2. The molecular formula is C24H22N2O2. The molecule has 140 valence electrons. The summed E-state index contributed by atoms with van der Waals surface area (Å²) in [5.41, 5.74) is 1.06. The number of hydrogen-bond acceptors (Lipinski definition) is 3. The van der Waals surface area contributed by atoms with E-state index in [0.29, 0.717) is 13.1 Å². The SMILES string of the molecule is C[C@H]1C(=O)C(C#N)=C[C@@]2(c3ccccc3)C(=O)N(Cc3ccccc3)CC[C@H]12. The zero-order valence-corrected chi connectivity index (χ0v) is 15.8. The molecule has 0 radical (unpaired) electrons. The summed E-state index contributed by atoms with van der Waals surface area (Å²) < 4.78 is 0. The van der Waals surface area contributed by atoms with E-state index in [-0.39, 0.29) is 29.1 Å². The van der Waals surface area contributed by atoms with Gasteiger partial charge >= 0.3 is 0 Å². The van der Waals surface area contributed by atoms with E-state index in [0.717, 1.165) is 17.5 Å². The quantitative estimate of drug-likeness (QED) is 0.829. The third-order valence-electron chi connectivity index (χ3n) is 6.18. The monoisotopic (exact) mass is 370 g/mol. The van der Waals surface area contributed by atoms with Gasteiger partial charge < -0.3 is 4.90 Å². The highest BCUT2D eigenvalue weighted by molar-refractivity contribution is 6.06. The number of nitrogens with zero attached hydrogens (tertiary/aromatic N) is 2. The minimum atomic E-state index is -0.966. The van der Waals surface area contributed by atoms with Crippen LogP contribution in [0.4, 0.5) is 0 Å². The van der Waals surface area contributed by atoms with Gasteiger partial charge in [0, 0.05) is 19.0 Å². The normalized spacial score (nSPS) is 27.0. The number of hydrogen-bond donors (Lipinski definition) is 0. The standard InChI is InChI=1S/C24H22N2O2/c1-17-21-12-13-26(16-18-8-4-2-5-9-18)23(28)24(21,14-19(15-25)22(17)27)20-10-6-3-7-11-20/h2-11,14,17,21H,12-13,16H2,1H3/t17-,21-,24+/m1/s1. The predicted molar refractivity (Wildman–Crippen MR) is 106 cm³/mol. The zero-order valence-electron chi connectivity index (χ0n) is 15.8. The van der Waals surface area contributed by atoms with Crippen molar-refractivity contribution in [2.24, 2.45) is 11.8 Å². The molecule has 0 saturated carbocycles. The van der Waals surface area contributed by atoms with Gasteiger partial charge in [0.2, 0.25) is 5.91 Å². The van der Waals surface area contributed by atoms with E-state index in [1.54, 1.807) is 6.08 Å². The molecular weight excluding hydrogens is 348 g/mol. The van der Waals surface area contributed by atoms with Crippen LogP contribution in [-0.4, -0.2) is 23.1 Å². The van der Waals surface area contributed by atoms with Gasteiger partial charge in [-0.3, -0.25) is 9.59 Å². The average molecular weight is 370 g/mol. The summed E-state index contributed by atoms with van der Waals surface area (Å²) in [7, 11) is 0. The molecule has 0 bridgehead atoms. The van der Waals surface area contributed by atoms with Crippen molar-refractivity contribution in [2.45, 2.75) is 25.3 Å². The second-order valence-corrected chi connectivity index (χ2v) is 7.67. The first-order valence-electron chi connectivity index (χ1n) is 9.64. The summed E-state index contributed by atoms with van der Waals surface area (Å²) in [5.74, 6) is -0.670. The number of amides is 1. The molecule has 3 atom stereocenters. The summed E-state index contributed by atoms with van der Waals surface area (Å²) in [6.07, 6.45) is 2.38. The molecule has 0 aromatic heterocycles. The zero-order chi connectivity index (χ0) is 19.7. The molecule has 1 aliphatic carbocycles. The number of likely N-dealkylation sites (tertiary alicyclic amines) is 1. The fourth-order valence-corrected chi connectivity index (χ4v) is 4.76. The van der Waals surface area contributed by atoms with Gasteiger partial charge in [-0.2, -0.15) is 5.26 Å². The summed E-state index contributed by atoms with van der Waals surface area (Å²) >= 11 is 0. The topological polar surface area (TPSA) is 61.2 Å². The highest BCUT2D eigenvalue weighted by Crippen LogP contribution is 2.49. The van der Waals surface area contributed by atoms with Crippen molar-refractivity contribution >= 4 is 11.7 Å². The maximum Gasteiger partial charge on any atom is 0.237 e. The van der Waals surface area contributed by atoms with E-state index in [4.69, 9.17) is 0 Å². The molecule has 2 aliphatic rings. The van der Waals surface area contributed by atoms with Crippen LogP contribution in [0.25, 0.3) is 0 Å². The lowest BCUT2D eigenvalue weighted by Gasteiger charge is -2.50. The molecule has 1 amide bonds. The van der Waals surface area contributed by atoms with Gasteiger partial charge in [-0.25, -0.2) is 0 Å². The van der Waals surface area contributed by atoms with Crippen molar-refractivity contribution in [1.29, 1.82) is 5.26 Å². The van der Waals surface area contributed by atoms with E-state index in [9.17, 15) is 14.9 Å². The third-order valence-corrected chi connectivity index (χ3v) is 6.18. The highest BCUT2D eigenvalue weighted by Gasteiger charge is 2.56. The van der Waals surface area contributed by atoms with Crippen LogP contribution in [0.15, 0.2) is 72.3 Å². The maximum absolute atomic E-state index is 13.9. The van der Waals surface area contributed by atoms with Gasteiger partial charge in [0.1, 0.15) is 6.07 Å². The second-order valence-electron chi connectivity index (χ2n) is 7.67. The molecule has 1 aliphatic heterocycles. The Balaban J connectivity index is 1.84. The van der Waals surface area contributed by atoms with Gasteiger partial charge in [-0.05, 0) is 29.5 Å². The number of allylic oxidation sites excluding steroid dienone is 1. The molecule has 1 saturated heterocycles. The molecule has 0 N–H and O–H groups in total. The molecule has 4 heteroatoms. The molecule has 4 rings (SSSR count). The first-order chi connectivity index (χ1) is 13.6. The number of Topliss-reactive ketones (excluding diaryl/α,β-unsaturated/α-hetero) is 1. The highest BCUT2D eigenvalue weighted by atomic mass is 16.2. The van der Waals surface area contributed by atoms with E-state index in [1.807, 2.05) is 78.6 Å². The summed E-state index contributed by atoms with van der Waals surface area (Å²) in [5, 5.41) is 9.55. The number of carbonyl (C=O) groups is 2. The Bertz CT molecular complexity index is 975. The van der Waals surface area contributed by atoms with Crippen LogP contribution in [0.2, 0.25) is 0 Å². The van der Waals surface area contributed by atoms with Crippen LogP contribution in [0.3, 0.4) is 0 Å². The lowest BCUT2D eigenvalue weighted by atomic mass is 9.57. The van der Waals surface area contributed by atoms with Crippen LogP contribution in [0.5, 0.6) is 0 Å². The van der Waals surface area contributed by atoms with Crippen molar-refractivity contribution in [3.05, 3.63) is 83.4 Å². The fraction of sp³-hybridized carbons (Fsp3) is 0.292. The molecule has 1 fully saturated rings. The summed E-state index contributed by atoms with van der Waals surface area (Å²) in [6.45, 7) is 2.99. The van der Waals surface area contributed by atoms with Crippen molar-refractivity contribution in [1.82, 2.24) is 4.90 Å². The molecule has 28 heavy (non-hydrogen) atoms. The molecule has 0 spiro atoms. The van der Waals surface area contributed by atoms with E-state index in [1.165, 1.54) is 0 Å². The van der Waals surface area contributed by atoms with Crippen LogP contribution in [0, 0.1) is 23.2 Å². The van der Waals surface area contributed by atoms with Crippen LogP contribution >= 0.6 is 0 Å². The van der Waals surface area contributed by atoms with E-state index < -0.39 is 5.41 Å². The van der Waals surface area contributed by atoms with Crippen molar-refractivity contribution in [3.8, 4) is 6.07 Å².